The molecule has 0 aromatic rings. The van der Waals surface area contributed by atoms with Crippen LogP contribution in [0.3, 0.4) is 0 Å². The van der Waals surface area contributed by atoms with Gasteiger partial charge in [0.2, 0.25) is 0 Å². The van der Waals surface area contributed by atoms with E-state index in [0.29, 0.717) is 0 Å². The molecule has 0 radical (unpaired) electrons. The van der Waals surface area contributed by atoms with E-state index in [0.717, 1.165) is 29.6 Å². The van der Waals surface area contributed by atoms with Crippen molar-refractivity contribution in [3.05, 3.63) is 0 Å². The summed E-state index contributed by atoms with van der Waals surface area (Å²) in [5.41, 5.74) is 0. The fourth-order valence-electron chi connectivity index (χ4n) is 2.02. The molecule has 0 aromatic heterocycles. The number of rotatable bonds is 1. The number of nitrogens with zero attached hydrogens (tertiary/aromatic N) is 1. The zero-order valence-electron chi connectivity index (χ0n) is 8.07. The van der Waals surface area contributed by atoms with Crippen molar-refractivity contribution in [3.63, 3.8) is 0 Å². The van der Waals surface area contributed by atoms with E-state index in [1.807, 2.05) is 0 Å². The largest absolute Gasteiger partial charge is 0.248 e. The Morgan fingerprint density at radius 3 is 2.15 bits per heavy atom. The molecule has 0 atom stereocenters. The molecular formula is C8H18N2OS2. The summed E-state index contributed by atoms with van der Waals surface area (Å²) in [5, 5.41) is 0.865. The van der Waals surface area contributed by atoms with Gasteiger partial charge < -0.3 is 0 Å². The highest BCUT2D eigenvalue weighted by molar-refractivity contribution is 8.39. The zero-order chi connectivity index (χ0) is 9.53. The minimum absolute atomic E-state index is 0.242. The first-order chi connectivity index (χ1) is 6.08. The molecule has 3 nitrogen and oxygen atoms in total. The lowest BCUT2D eigenvalue weighted by Crippen LogP contribution is -2.28. The topological polar surface area (TPSA) is 55.5 Å². The summed E-state index contributed by atoms with van der Waals surface area (Å²) in [6.07, 6.45) is 4.64. The molecular weight excluding hydrogens is 204 g/mol. The molecule has 78 valence electrons. The third kappa shape index (κ3) is 1.87. The Bertz CT molecular complexity index is 302. The van der Waals surface area contributed by atoms with E-state index in [-0.39, 0.29) is 10.0 Å². The van der Waals surface area contributed by atoms with Gasteiger partial charge >= 0.3 is 0 Å². The molecule has 2 saturated heterocycles. The van der Waals surface area contributed by atoms with E-state index in [4.69, 9.17) is 5.84 Å². The lowest BCUT2D eigenvalue weighted by Gasteiger charge is -2.31. The maximum Gasteiger partial charge on any atom is 0.0635 e. The number of hydrogen-bond acceptors (Lipinski definition) is 2. The van der Waals surface area contributed by atoms with Crippen molar-refractivity contribution in [2.45, 2.75) is 18.1 Å². The molecule has 0 amide bonds. The predicted molar refractivity (Wildman–Crippen MR) is 60.8 cm³/mol. The van der Waals surface area contributed by atoms with Gasteiger partial charge in [-0.15, -0.1) is 0 Å². The fourth-order valence-corrected chi connectivity index (χ4v) is 7.13. The lowest BCUT2D eigenvalue weighted by atomic mass is 10.2. The van der Waals surface area contributed by atoms with Crippen LogP contribution in [0, 0.1) is 0 Å². The highest BCUT2D eigenvalue weighted by atomic mass is 32.3. The summed E-state index contributed by atoms with van der Waals surface area (Å²) in [7, 11) is -2.22. The van der Waals surface area contributed by atoms with E-state index >= 15 is 0 Å². The maximum absolute atomic E-state index is 11.8. The molecule has 0 spiro atoms. The van der Waals surface area contributed by atoms with Gasteiger partial charge in [0, 0.05) is 11.5 Å². The first-order valence-corrected chi connectivity index (χ1v) is 9.02. The summed E-state index contributed by atoms with van der Waals surface area (Å²) in [4.78, 5) is 0. The Hall–Kier alpha value is 0.260. The van der Waals surface area contributed by atoms with Gasteiger partial charge in [0.25, 0.3) is 0 Å². The van der Waals surface area contributed by atoms with Gasteiger partial charge in [-0.25, -0.2) is 20.1 Å². The summed E-state index contributed by atoms with van der Waals surface area (Å²) in [6, 6.07) is 0. The smallest absolute Gasteiger partial charge is 0.0635 e. The molecule has 2 heterocycles. The first kappa shape index (κ1) is 9.80. The normalized spacial score (nSPS) is 45.2. The third-order valence-corrected chi connectivity index (χ3v) is 9.27. The van der Waals surface area contributed by atoms with Gasteiger partial charge in [0.1, 0.15) is 0 Å². The Kier molecular flexibility index (Phi) is 2.37. The second-order valence-corrected chi connectivity index (χ2v) is 11.0. The predicted octanol–water partition coefficient (Wildman–Crippen LogP) is 0.939. The second kappa shape index (κ2) is 3.14. The van der Waals surface area contributed by atoms with Crippen molar-refractivity contribution in [3.8, 4) is 0 Å². The molecule has 0 aromatic carbocycles. The van der Waals surface area contributed by atoms with Crippen molar-refractivity contribution < 1.29 is 4.21 Å². The first-order valence-electron chi connectivity index (χ1n) is 4.72. The van der Waals surface area contributed by atoms with Crippen LogP contribution in [0.4, 0.5) is 0 Å². The van der Waals surface area contributed by atoms with E-state index in [9.17, 15) is 4.21 Å². The maximum atomic E-state index is 11.8. The van der Waals surface area contributed by atoms with Crippen LogP contribution >= 0.6 is 10.0 Å². The van der Waals surface area contributed by atoms with Crippen LogP contribution < -0.4 is 5.84 Å². The van der Waals surface area contributed by atoms with Gasteiger partial charge in [0.15, 0.2) is 0 Å². The Balaban J connectivity index is 2.01. The number of hydrogen-bond donors (Lipinski definition) is 1. The summed E-state index contributed by atoms with van der Waals surface area (Å²) < 4.78 is 15.3. The highest BCUT2D eigenvalue weighted by Crippen LogP contribution is 2.64. The summed E-state index contributed by atoms with van der Waals surface area (Å²) in [5.74, 6) is 9.54. The molecule has 5 heteroatoms. The highest BCUT2D eigenvalue weighted by Gasteiger charge is 2.41. The van der Waals surface area contributed by atoms with Crippen LogP contribution in [-0.4, -0.2) is 38.7 Å². The minimum Gasteiger partial charge on any atom is -0.248 e. The molecule has 2 rings (SSSR count). The molecule has 13 heavy (non-hydrogen) atoms. The van der Waals surface area contributed by atoms with E-state index in [2.05, 4.69) is 10.7 Å². The van der Waals surface area contributed by atoms with Crippen LogP contribution in [0.5, 0.6) is 0 Å². The molecule has 0 unspecified atom stereocenters. The minimum atomic E-state index is -1.98. The van der Waals surface area contributed by atoms with Crippen LogP contribution in [0.2, 0.25) is 0 Å². The van der Waals surface area contributed by atoms with Gasteiger partial charge in [0.05, 0.1) is 9.73 Å². The van der Waals surface area contributed by atoms with Crippen LogP contribution in [0.15, 0.2) is 4.47 Å². The van der Waals surface area contributed by atoms with Gasteiger partial charge in [-0.05, 0) is 35.9 Å². The molecule has 0 aliphatic carbocycles. The Morgan fingerprint density at radius 1 is 1.23 bits per heavy atom. The monoisotopic (exact) mass is 222 g/mol. The Labute approximate surface area is 81.9 Å². The summed E-state index contributed by atoms with van der Waals surface area (Å²) >= 11 is 0. The van der Waals surface area contributed by atoms with Gasteiger partial charge in [-0.2, -0.15) is 4.47 Å². The van der Waals surface area contributed by atoms with E-state index < -0.39 is 9.73 Å². The second-order valence-electron chi connectivity index (χ2n) is 4.24. The summed E-state index contributed by atoms with van der Waals surface area (Å²) in [6.45, 7) is 0. The molecule has 0 saturated carbocycles. The van der Waals surface area contributed by atoms with Crippen LogP contribution in [0.1, 0.15) is 12.8 Å². The lowest BCUT2D eigenvalue weighted by molar-refractivity contribution is 0.651. The quantitative estimate of drug-likeness (QED) is 0.408. The molecule has 2 aliphatic rings. The van der Waals surface area contributed by atoms with Gasteiger partial charge in [-0.1, -0.05) is 0 Å². The number of nitrogens with two attached hydrogens (primary N) is 1. The van der Waals surface area contributed by atoms with Crippen LogP contribution in [0.25, 0.3) is 0 Å². The fraction of sp³-hybridized carbons (Fsp3) is 1.00. The van der Waals surface area contributed by atoms with Crippen molar-refractivity contribution >= 4 is 19.8 Å². The van der Waals surface area contributed by atoms with Crippen molar-refractivity contribution in [1.29, 1.82) is 0 Å². The SMILES string of the molecule is CS1(C2CCS(=O)(=NN)CC2)CC1. The van der Waals surface area contributed by atoms with Gasteiger partial charge in [-0.3, -0.25) is 0 Å². The third-order valence-electron chi connectivity index (χ3n) is 3.36. The van der Waals surface area contributed by atoms with Crippen molar-refractivity contribution in [2.24, 2.45) is 10.3 Å². The molecule has 2 N–H and O–H groups in total. The molecule has 2 aliphatic heterocycles. The molecule has 2 fully saturated rings. The Morgan fingerprint density at radius 2 is 1.77 bits per heavy atom. The van der Waals surface area contributed by atoms with Crippen LogP contribution in [-0.2, 0) is 9.73 Å². The standard InChI is InChI=1S/C8H18N2OS2/c1-12(6-7-12)8-2-4-13(11,10-9)5-3-8/h8H,2-7,9H2,1H3. The molecule has 0 bridgehead atoms. The zero-order valence-corrected chi connectivity index (χ0v) is 9.70. The average Bonchev–Trinajstić information content (AvgIpc) is 2.86. The van der Waals surface area contributed by atoms with E-state index in [1.54, 1.807) is 0 Å². The average molecular weight is 222 g/mol. The van der Waals surface area contributed by atoms with Crippen molar-refractivity contribution in [1.82, 2.24) is 0 Å². The van der Waals surface area contributed by atoms with E-state index in [1.165, 1.54) is 11.5 Å². The van der Waals surface area contributed by atoms with Crippen molar-refractivity contribution in [2.75, 3.05) is 29.3 Å².